The van der Waals surface area contributed by atoms with E-state index in [1.54, 1.807) is 0 Å². The molecule has 0 saturated carbocycles. The number of hydrogen-bond donors (Lipinski definition) is 1. The van der Waals surface area contributed by atoms with Crippen LogP contribution < -0.4 is 10.6 Å². The highest BCUT2D eigenvalue weighted by Crippen LogP contribution is 2.21. The molecule has 0 spiro atoms. The molecule has 2 N–H and O–H groups in total. The lowest BCUT2D eigenvalue weighted by Crippen LogP contribution is -2.46. The first-order valence-corrected chi connectivity index (χ1v) is 6.46. The van der Waals surface area contributed by atoms with Gasteiger partial charge in [-0.05, 0) is 24.5 Å². The minimum absolute atomic E-state index is 0.315. The van der Waals surface area contributed by atoms with Gasteiger partial charge in [0.25, 0.3) is 0 Å². The Balaban J connectivity index is 1.90. The Labute approximate surface area is 107 Å². The zero-order chi connectivity index (χ0) is 12.5. The number of anilines is 1. The van der Waals surface area contributed by atoms with Crippen LogP contribution >= 0.6 is 0 Å². The van der Waals surface area contributed by atoms with Crippen molar-refractivity contribution in [3.05, 3.63) is 30.5 Å². The fourth-order valence-corrected chi connectivity index (χ4v) is 2.47. The summed E-state index contributed by atoms with van der Waals surface area (Å²) in [5, 5.41) is 0. The molecular formula is C14H18N4. The Hall–Kier alpha value is -1.68. The summed E-state index contributed by atoms with van der Waals surface area (Å²) >= 11 is 0. The Morgan fingerprint density at radius 1 is 1.28 bits per heavy atom. The van der Waals surface area contributed by atoms with E-state index in [2.05, 4.69) is 21.8 Å². The van der Waals surface area contributed by atoms with Crippen molar-refractivity contribution in [2.24, 2.45) is 11.7 Å². The fraction of sp³-hybridized carbons (Fsp3) is 0.429. The van der Waals surface area contributed by atoms with Gasteiger partial charge in [-0.3, -0.25) is 4.98 Å². The van der Waals surface area contributed by atoms with Gasteiger partial charge in [0.2, 0.25) is 0 Å². The summed E-state index contributed by atoms with van der Waals surface area (Å²) in [5.41, 5.74) is 7.95. The third-order valence-electron chi connectivity index (χ3n) is 3.73. The van der Waals surface area contributed by atoms with Crippen molar-refractivity contribution >= 4 is 16.9 Å². The molecular weight excluding hydrogens is 224 g/mol. The Bertz CT molecular complexity index is 554. The molecule has 0 bridgehead atoms. The predicted octanol–water partition coefficient (Wildman–Crippen LogP) is 1.80. The van der Waals surface area contributed by atoms with Crippen molar-refractivity contribution in [2.45, 2.75) is 19.4 Å². The molecule has 1 aliphatic heterocycles. The van der Waals surface area contributed by atoms with Crippen molar-refractivity contribution in [3.63, 3.8) is 0 Å². The van der Waals surface area contributed by atoms with E-state index in [-0.39, 0.29) is 0 Å². The molecule has 18 heavy (non-hydrogen) atoms. The van der Waals surface area contributed by atoms with E-state index in [1.807, 2.05) is 30.5 Å². The van der Waals surface area contributed by atoms with Gasteiger partial charge in [-0.15, -0.1) is 0 Å². The molecule has 0 amide bonds. The third-order valence-corrected chi connectivity index (χ3v) is 3.73. The number of piperidine rings is 1. The molecule has 2 unspecified atom stereocenters. The van der Waals surface area contributed by atoms with Gasteiger partial charge in [0.15, 0.2) is 0 Å². The molecule has 3 rings (SSSR count). The van der Waals surface area contributed by atoms with Crippen LogP contribution in [0.15, 0.2) is 30.5 Å². The smallest absolute Gasteiger partial charge is 0.147 e. The van der Waals surface area contributed by atoms with Gasteiger partial charge in [-0.1, -0.05) is 19.1 Å². The van der Waals surface area contributed by atoms with Crippen LogP contribution in [0.25, 0.3) is 11.0 Å². The van der Waals surface area contributed by atoms with E-state index in [9.17, 15) is 0 Å². The normalized spacial score (nSPS) is 24.4. The number of aromatic nitrogens is 2. The Morgan fingerprint density at radius 3 is 2.83 bits per heavy atom. The highest BCUT2D eigenvalue weighted by Gasteiger charge is 2.24. The van der Waals surface area contributed by atoms with Crippen LogP contribution in [0, 0.1) is 5.92 Å². The number of nitrogens with two attached hydrogens (primary N) is 1. The molecule has 4 nitrogen and oxygen atoms in total. The van der Waals surface area contributed by atoms with E-state index >= 15 is 0 Å². The summed E-state index contributed by atoms with van der Waals surface area (Å²) in [6, 6.07) is 8.29. The first kappa shape index (κ1) is 11.4. The minimum Gasteiger partial charge on any atom is -0.355 e. The van der Waals surface area contributed by atoms with Crippen molar-refractivity contribution in [1.29, 1.82) is 0 Å². The average molecular weight is 242 g/mol. The van der Waals surface area contributed by atoms with Gasteiger partial charge in [0.05, 0.1) is 17.2 Å². The molecule has 2 heterocycles. The Kier molecular flexibility index (Phi) is 2.88. The number of nitrogens with zero attached hydrogens (tertiary/aromatic N) is 3. The van der Waals surface area contributed by atoms with E-state index < -0.39 is 0 Å². The molecule has 94 valence electrons. The average Bonchev–Trinajstić information content (AvgIpc) is 2.41. The Morgan fingerprint density at radius 2 is 2.06 bits per heavy atom. The van der Waals surface area contributed by atoms with Crippen LogP contribution in [-0.2, 0) is 0 Å². The van der Waals surface area contributed by atoms with E-state index in [4.69, 9.17) is 5.73 Å². The molecule has 2 aromatic rings. The topological polar surface area (TPSA) is 55.0 Å². The van der Waals surface area contributed by atoms with Crippen LogP contribution in [0.1, 0.15) is 13.3 Å². The largest absolute Gasteiger partial charge is 0.355 e. The lowest BCUT2D eigenvalue weighted by atomic mass is 9.95. The SMILES string of the molecule is CC1CN(c2cnc3ccccc3n2)CCC1N. The second-order valence-electron chi connectivity index (χ2n) is 5.09. The van der Waals surface area contributed by atoms with E-state index in [0.717, 1.165) is 36.4 Å². The molecule has 1 aromatic carbocycles. The molecule has 0 radical (unpaired) electrons. The number of rotatable bonds is 1. The fourth-order valence-electron chi connectivity index (χ4n) is 2.47. The summed E-state index contributed by atoms with van der Waals surface area (Å²) in [4.78, 5) is 11.4. The first-order chi connectivity index (χ1) is 8.74. The molecule has 4 heteroatoms. The molecule has 1 fully saturated rings. The van der Waals surface area contributed by atoms with Gasteiger partial charge >= 0.3 is 0 Å². The molecule has 0 aliphatic carbocycles. The van der Waals surface area contributed by atoms with Gasteiger partial charge < -0.3 is 10.6 Å². The second-order valence-corrected chi connectivity index (χ2v) is 5.09. The molecule has 1 aliphatic rings. The lowest BCUT2D eigenvalue weighted by Gasteiger charge is -2.35. The van der Waals surface area contributed by atoms with Gasteiger partial charge in [0, 0.05) is 19.1 Å². The zero-order valence-electron chi connectivity index (χ0n) is 10.6. The maximum absolute atomic E-state index is 6.05. The van der Waals surface area contributed by atoms with Crippen molar-refractivity contribution in [1.82, 2.24) is 9.97 Å². The molecule has 2 atom stereocenters. The first-order valence-electron chi connectivity index (χ1n) is 6.46. The van der Waals surface area contributed by atoms with Gasteiger partial charge in [-0.2, -0.15) is 0 Å². The summed E-state index contributed by atoms with van der Waals surface area (Å²) < 4.78 is 0. The number of fused-ring (bicyclic) bond motifs is 1. The minimum atomic E-state index is 0.315. The van der Waals surface area contributed by atoms with E-state index in [1.165, 1.54) is 0 Å². The van der Waals surface area contributed by atoms with Crippen molar-refractivity contribution < 1.29 is 0 Å². The van der Waals surface area contributed by atoms with Crippen LogP contribution in [0.2, 0.25) is 0 Å². The number of benzene rings is 1. The van der Waals surface area contributed by atoms with Crippen LogP contribution in [-0.4, -0.2) is 29.1 Å². The maximum atomic E-state index is 6.05. The second kappa shape index (κ2) is 4.53. The number of para-hydroxylation sites is 2. The number of hydrogen-bond acceptors (Lipinski definition) is 4. The predicted molar refractivity (Wildman–Crippen MR) is 73.5 cm³/mol. The maximum Gasteiger partial charge on any atom is 0.147 e. The monoisotopic (exact) mass is 242 g/mol. The molecule has 1 aromatic heterocycles. The van der Waals surface area contributed by atoms with E-state index in [0.29, 0.717) is 12.0 Å². The third kappa shape index (κ3) is 2.04. The van der Waals surface area contributed by atoms with Crippen LogP contribution in [0.3, 0.4) is 0 Å². The summed E-state index contributed by atoms with van der Waals surface area (Å²) in [7, 11) is 0. The highest BCUT2D eigenvalue weighted by molar-refractivity contribution is 5.75. The zero-order valence-corrected chi connectivity index (χ0v) is 10.6. The summed E-state index contributed by atoms with van der Waals surface area (Å²) in [6.07, 6.45) is 2.89. The van der Waals surface area contributed by atoms with Crippen molar-refractivity contribution in [3.8, 4) is 0 Å². The van der Waals surface area contributed by atoms with Gasteiger partial charge in [-0.25, -0.2) is 4.98 Å². The quantitative estimate of drug-likeness (QED) is 0.828. The standard InChI is InChI=1S/C14H18N4/c1-10-9-18(7-6-11(10)15)14-8-16-12-4-2-3-5-13(12)17-14/h2-5,8,10-11H,6-7,9,15H2,1H3. The highest BCUT2D eigenvalue weighted by atomic mass is 15.2. The van der Waals surface area contributed by atoms with Crippen LogP contribution in [0.5, 0.6) is 0 Å². The van der Waals surface area contributed by atoms with Crippen LogP contribution in [0.4, 0.5) is 5.82 Å². The lowest BCUT2D eigenvalue weighted by molar-refractivity contribution is 0.381. The summed E-state index contributed by atoms with van der Waals surface area (Å²) in [6.45, 7) is 4.14. The molecule has 1 saturated heterocycles. The van der Waals surface area contributed by atoms with Gasteiger partial charge in [0.1, 0.15) is 5.82 Å². The summed E-state index contributed by atoms with van der Waals surface area (Å²) in [5.74, 6) is 1.47. The van der Waals surface area contributed by atoms with Crippen molar-refractivity contribution in [2.75, 3.05) is 18.0 Å².